The fraction of sp³-hybridized carbons (Fsp3) is 0.767. The summed E-state index contributed by atoms with van der Waals surface area (Å²) < 4.78 is 36.2. The fourth-order valence-electron chi connectivity index (χ4n) is 6.28. The van der Waals surface area contributed by atoms with Crippen molar-refractivity contribution < 1.29 is 27.5 Å². The number of hydrogen-bond acceptors (Lipinski definition) is 6. The molecule has 0 bridgehead atoms. The maximum absolute atomic E-state index is 13.3. The zero-order valence-electron chi connectivity index (χ0n) is 32.3. The highest BCUT2D eigenvalue weighted by Gasteiger charge is 2.37. The van der Waals surface area contributed by atoms with Crippen LogP contribution in [0.4, 0.5) is 0 Å². The molecule has 0 spiro atoms. The number of ether oxygens (including phenoxy) is 2. The number of ketones is 2. The molecule has 3 atom stereocenters. The van der Waals surface area contributed by atoms with Crippen LogP contribution in [-0.2, 0) is 28.9 Å². The van der Waals surface area contributed by atoms with Crippen molar-refractivity contribution in [2.75, 3.05) is 18.6 Å². The Kier molecular flexibility index (Phi) is 29.4. The summed E-state index contributed by atoms with van der Waals surface area (Å²) in [6.07, 6.45) is 43.2. The molecule has 1 heterocycles. The molecule has 1 aliphatic heterocycles. The Balaban J connectivity index is 2.28. The Morgan fingerprint density at radius 2 is 1.06 bits per heavy atom. The minimum absolute atomic E-state index is 0.0760. The quantitative estimate of drug-likeness (QED) is 0.0496. The highest BCUT2D eigenvalue weighted by Crippen LogP contribution is 2.25. The summed E-state index contributed by atoms with van der Waals surface area (Å²) in [5.74, 6) is -1.19. The van der Waals surface area contributed by atoms with Crippen LogP contribution < -0.4 is 0 Å². The van der Waals surface area contributed by atoms with Crippen molar-refractivity contribution >= 4 is 21.4 Å². The molecule has 7 heteroatoms. The third-order valence-corrected chi connectivity index (χ3v) is 10.3. The van der Waals surface area contributed by atoms with E-state index in [1.807, 2.05) is 0 Å². The largest absolute Gasteiger partial charge is 0.346 e. The van der Waals surface area contributed by atoms with Crippen LogP contribution >= 0.6 is 0 Å². The van der Waals surface area contributed by atoms with E-state index in [0.29, 0.717) is 25.9 Å². The summed E-state index contributed by atoms with van der Waals surface area (Å²) in [5.41, 5.74) is 0. The first-order chi connectivity index (χ1) is 24.3. The van der Waals surface area contributed by atoms with Gasteiger partial charge in [-0.1, -0.05) is 127 Å². The number of unbranched alkanes of at least 4 members (excludes halogenated alkanes) is 16. The van der Waals surface area contributed by atoms with Crippen molar-refractivity contribution in [3.8, 4) is 0 Å². The molecule has 0 aromatic heterocycles. The summed E-state index contributed by atoms with van der Waals surface area (Å²) >= 11 is 0. The van der Waals surface area contributed by atoms with Crippen LogP contribution in [0.2, 0.25) is 0 Å². The van der Waals surface area contributed by atoms with E-state index in [4.69, 9.17) is 9.47 Å². The van der Waals surface area contributed by atoms with Gasteiger partial charge < -0.3 is 9.47 Å². The maximum Gasteiger partial charge on any atom is 0.218 e. The second kappa shape index (κ2) is 31.9. The Morgan fingerprint density at radius 3 is 1.54 bits per heavy atom. The standard InChI is InChI=1S/C43H74O6S/c1-4-6-8-10-12-14-16-18-20-22-24-26-28-30-32-34-40(44)39(38-50(3,46)47)42-36-37-48-43(49-42)41(45)35-33-31-29-27-25-23-21-19-17-15-13-11-9-7-5-2/h12-15,18-21,39,42-43H,4-11,16-17,22-38H2,1-3H3/b14-12-,15-13-,20-18-,21-19-. The lowest BCUT2D eigenvalue weighted by Gasteiger charge is -2.33. The predicted molar refractivity (Wildman–Crippen MR) is 211 cm³/mol. The van der Waals surface area contributed by atoms with Crippen LogP contribution in [0, 0.1) is 5.92 Å². The zero-order valence-corrected chi connectivity index (χ0v) is 33.1. The molecule has 50 heavy (non-hydrogen) atoms. The molecule has 0 aromatic carbocycles. The van der Waals surface area contributed by atoms with Gasteiger partial charge in [0.05, 0.1) is 24.4 Å². The maximum atomic E-state index is 13.3. The number of carbonyl (C=O) groups excluding carboxylic acids is 2. The van der Waals surface area contributed by atoms with Gasteiger partial charge in [0, 0.05) is 19.1 Å². The van der Waals surface area contributed by atoms with Crippen molar-refractivity contribution in [3.63, 3.8) is 0 Å². The second-order valence-corrected chi connectivity index (χ2v) is 16.4. The van der Waals surface area contributed by atoms with E-state index in [1.165, 1.54) is 51.4 Å². The molecular formula is C43H74O6S. The molecular weight excluding hydrogens is 645 g/mol. The van der Waals surface area contributed by atoms with Crippen LogP contribution in [0.3, 0.4) is 0 Å². The van der Waals surface area contributed by atoms with Gasteiger partial charge in [0.1, 0.15) is 15.6 Å². The summed E-state index contributed by atoms with van der Waals surface area (Å²) in [6.45, 7) is 4.75. The van der Waals surface area contributed by atoms with Gasteiger partial charge in [-0.15, -0.1) is 0 Å². The molecule has 288 valence electrons. The summed E-state index contributed by atoms with van der Waals surface area (Å²) in [4.78, 5) is 26.2. The van der Waals surface area contributed by atoms with Crippen LogP contribution in [0.25, 0.3) is 0 Å². The first-order valence-corrected chi connectivity index (χ1v) is 22.4. The monoisotopic (exact) mass is 719 g/mol. The molecule has 0 saturated carbocycles. The second-order valence-electron chi connectivity index (χ2n) is 14.3. The number of allylic oxidation sites excluding steroid dienone is 8. The summed E-state index contributed by atoms with van der Waals surface area (Å²) in [6, 6.07) is 0. The van der Waals surface area contributed by atoms with Gasteiger partial charge in [-0.2, -0.15) is 0 Å². The molecule has 0 N–H and O–H groups in total. The smallest absolute Gasteiger partial charge is 0.218 e. The van der Waals surface area contributed by atoms with E-state index in [1.54, 1.807) is 0 Å². The Bertz CT molecular complexity index is 1070. The SMILES string of the molecule is CCCCC/C=C\C/C=C\CCCCCCCC(=O)C1OCCC(C(CS(C)(=O)=O)C(=O)CCCCCCC/C=C\C/C=C\CCCCC)O1. The highest BCUT2D eigenvalue weighted by molar-refractivity contribution is 7.90. The van der Waals surface area contributed by atoms with Gasteiger partial charge in [0.25, 0.3) is 0 Å². The molecule has 0 radical (unpaired) electrons. The van der Waals surface area contributed by atoms with Crippen LogP contribution in [0.15, 0.2) is 48.6 Å². The lowest BCUT2D eigenvalue weighted by Crippen LogP contribution is -2.45. The Labute approximate surface area is 307 Å². The van der Waals surface area contributed by atoms with Gasteiger partial charge in [-0.3, -0.25) is 9.59 Å². The summed E-state index contributed by atoms with van der Waals surface area (Å²) in [7, 11) is -3.40. The number of carbonyl (C=O) groups is 2. The van der Waals surface area contributed by atoms with Crippen molar-refractivity contribution in [2.24, 2.45) is 5.92 Å². The van der Waals surface area contributed by atoms with E-state index in [0.717, 1.165) is 96.1 Å². The van der Waals surface area contributed by atoms with Crippen molar-refractivity contribution in [3.05, 3.63) is 48.6 Å². The molecule has 3 unspecified atom stereocenters. The average molecular weight is 719 g/mol. The van der Waals surface area contributed by atoms with Gasteiger partial charge in [0.2, 0.25) is 6.29 Å². The third kappa shape index (κ3) is 26.9. The minimum Gasteiger partial charge on any atom is -0.346 e. The number of Topliss-reactive ketones (excluding diaryl/α,β-unsaturated/α-hetero) is 2. The van der Waals surface area contributed by atoms with Crippen molar-refractivity contribution in [1.29, 1.82) is 0 Å². The molecule has 1 saturated heterocycles. The van der Waals surface area contributed by atoms with E-state index in [-0.39, 0.29) is 17.3 Å². The lowest BCUT2D eigenvalue weighted by atomic mass is 9.92. The van der Waals surface area contributed by atoms with Crippen LogP contribution in [0.1, 0.15) is 174 Å². The first kappa shape index (κ1) is 46.2. The molecule has 6 nitrogen and oxygen atoms in total. The molecule has 1 rings (SSSR count). The van der Waals surface area contributed by atoms with Gasteiger partial charge >= 0.3 is 0 Å². The molecule has 0 amide bonds. The minimum atomic E-state index is -3.40. The lowest BCUT2D eigenvalue weighted by molar-refractivity contribution is -0.218. The van der Waals surface area contributed by atoms with Crippen LogP contribution in [-0.4, -0.2) is 51.0 Å². The van der Waals surface area contributed by atoms with Crippen LogP contribution in [0.5, 0.6) is 0 Å². The van der Waals surface area contributed by atoms with E-state index < -0.39 is 28.1 Å². The number of rotatable bonds is 33. The highest BCUT2D eigenvalue weighted by atomic mass is 32.2. The fourth-order valence-corrected chi connectivity index (χ4v) is 7.33. The number of sulfone groups is 1. The topological polar surface area (TPSA) is 86.7 Å². The molecule has 0 aliphatic carbocycles. The van der Waals surface area contributed by atoms with E-state index in [9.17, 15) is 18.0 Å². The van der Waals surface area contributed by atoms with Gasteiger partial charge in [-0.25, -0.2) is 8.42 Å². The molecule has 1 aliphatic rings. The third-order valence-electron chi connectivity index (χ3n) is 9.33. The van der Waals surface area contributed by atoms with E-state index in [2.05, 4.69) is 62.5 Å². The normalized spacial score (nSPS) is 17.9. The Morgan fingerprint density at radius 1 is 0.620 bits per heavy atom. The molecule has 1 fully saturated rings. The Hall–Kier alpha value is -1.83. The zero-order chi connectivity index (χ0) is 36.5. The predicted octanol–water partition coefficient (Wildman–Crippen LogP) is 11.5. The van der Waals surface area contributed by atoms with Crippen molar-refractivity contribution in [2.45, 2.75) is 187 Å². The average Bonchev–Trinajstić information content (AvgIpc) is 3.10. The molecule has 0 aromatic rings. The first-order valence-electron chi connectivity index (χ1n) is 20.4. The van der Waals surface area contributed by atoms with Crippen molar-refractivity contribution in [1.82, 2.24) is 0 Å². The van der Waals surface area contributed by atoms with Gasteiger partial charge in [0.15, 0.2) is 5.78 Å². The van der Waals surface area contributed by atoms with Gasteiger partial charge in [-0.05, 0) is 83.5 Å². The van der Waals surface area contributed by atoms with E-state index >= 15 is 0 Å². The number of hydrogen-bond donors (Lipinski definition) is 0. The summed E-state index contributed by atoms with van der Waals surface area (Å²) in [5, 5.41) is 0.